The molecule has 0 aromatic heterocycles. The number of nitrogens with zero attached hydrogens (tertiary/aromatic N) is 1. The normalized spacial score (nSPS) is 22.1. The molecule has 2 N–H and O–H groups in total. The van der Waals surface area contributed by atoms with Crippen molar-refractivity contribution in [2.75, 3.05) is 26.2 Å². The molecular formula is C27H30N2O5. The van der Waals surface area contributed by atoms with Crippen LogP contribution in [0.1, 0.15) is 43.2 Å². The number of benzene rings is 2. The SMILES string of the molecule is CC1(C(=O)O)CN(C(=O)CC2CC(CNC(=O)OCC3c4ccccc4-c4ccccc43)C2)C1. The summed E-state index contributed by atoms with van der Waals surface area (Å²) in [7, 11) is 0. The largest absolute Gasteiger partial charge is 0.481 e. The van der Waals surface area contributed by atoms with Crippen LogP contribution in [0.2, 0.25) is 0 Å². The summed E-state index contributed by atoms with van der Waals surface area (Å²) in [5, 5.41) is 12.1. The number of carboxylic acids is 1. The van der Waals surface area contributed by atoms with Gasteiger partial charge in [-0.25, -0.2) is 4.79 Å². The topological polar surface area (TPSA) is 95.9 Å². The third kappa shape index (κ3) is 4.15. The Balaban J connectivity index is 1.03. The third-order valence-corrected chi connectivity index (χ3v) is 7.62. The minimum Gasteiger partial charge on any atom is -0.481 e. The summed E-state index contributed by atoms with van der Waals surface area (Å²) in [6, 6.07) is 16.5. The predicted molar refractivity (Wildman–Crippen MR) is 126 cm³/mol. The fourth-order valence-corrected chi connectivity index (χ4v) is 5.57. The Morgan fingerprint density at radius 2 is 1.59 bits per heavy atom. The molecule has 2 aliphatic carbocycles. The molecule has 0 atom stereocenters. The lowest BCUT2D eigenvalue weighted by molar-refractivity contribution is -0.164. The fourth-order valence-electron chi connectivity index (χ4n) is 5.57. The van der Waals surface area contributed by atoms with E-state index in [1.54, 1.807) is 11.8 Å². The number of carbonyl (C=O) groups excluding carboxylic acids is 2. The van der Waals surface area contributed by atoms with Crippen LogP contribution < -0.4 is 5.32 Å². The number of nitrogens with one attached hydrogen (secondary N) is 1. The van der Waals surface area contributed by atoms with Crippen molar-refractivity contribution < 1.29 is 24.2 Å². The molecule has 0 bridgehead atoms. The van der Waals surface area contributed by atoms with Crippen molar-refractivity contribution in [3.8, 4) is 11.1 Å². The Morgan fingerprint density at radius 3 is 2.18 bits per heavy atom. The van der Waals surface area contributed by atoms with Gasteiger partial charge in [0.25, 0.3) is 0 Å². The van der Waals surface area contributed by atoms with Gasteiger partial charge in [0.2, 0.25) is 5.91 Å². The van der Waals surface area contributed by atoms with Crippen molar-refractivity contribution in [1.29, 1.82) is 0 Å². The zero-order valence-electron chi connectivity index (χ0n) is 19.3. The molecule has 5 rings (SSSR count). The summed E-state index contributed by atoms with van der Waals surface area (Å²) in [4.78, 5) is 37.5. The highest BCUT2D eigenvalue weighted by molar-refractivity contribution is 5.83. The smallest absolute Gasteiger partial charge is 0.407 e. The van der Waals surface area contributed by atoms with Crippen LogP contribution in [0.5, 0.6) is 0 Å². The van der Waals surface area contributed by atoms with E-state index in [2.05, 4.69) is 29.6 Å². The molecule has 2 aromatic carbocycles. The minimum absolute atomic E-state index is 0.0340. The van der Waals surface area contributed by atoms with Crippen LogP contribution in [-0.2, 0) is 14.3 Å². The maximum absolute atomic E-state index is 12.3. The van der Waals surface area contributed by atoms with Crippen LogP contribution in [0.4, 0.5) is 4.79 Å². The van der Waals surface area contributed by atoms with E-state index < -0.39 is 17.5 Å². The molecule has 1 heterocycles. The minimum atomic E-state index is -0.848. The highest BCUT2D eigenvalue weighted by Crippen LogP contribution is 2.44. The van der Waals surface area contributed by atoms with E-state index in [0.29, 0.717) is 44.5 Å². The van der Waals surface area contributed by atoms with E-state index in [1.807, 2.05) is 24.3 Å². The molecule has 1 saturated carbocycles. The highest BCUT2D eigenvalue weighted by Gasteiger charge is 2.47. The van der Waals surface area contributed by atoms with Crippen LogP contribution >= 0.6 is 0 Å². The number of hydrogen-bond donors (Lipinski definition) is 2. The molecule has 0 spiro atoms. The summed E-state index contributed by atoms with van der Waals surface area (Å²) in [5.74, 6) is -0.120. The summed E-state index contributed by atoms with van der Waals surface area (Å²) >= 11 is 0. The number of rotatable bonds is 7. The van der Waals surface area contributed by atoms with E-state index in [1.165, 1.54) is 22.3 Å². The number of ether oxygens (including phenoxy) is 1. The van der Waals surface area contributed by atoms with E-state index in [-0.39, 0.29) is 11.8 Å². The maximum atomic E-state index is 12.3. The summed E-state index contributed by atoms with van der Waals surface area (Å²) in [6.07, 6.45) is 1.82. The van der Waals surface area contributed by atoms with Gasteiger partial charge in [0, 0.05) is 32.0 Å². The van der Waals surface area contributed by atoms with Crippen molar-refractivity contribution >= 4 is 18.0 Å². The molecule has 3 aliphatic rings. The van der Waals surface area contributed by atoms with Gasteiger partial charge >= 0.3 is 12.1 Å². The maximum Gasteiger partial charge on any atom is 0.407 e. The first-order valence-electron chi connectivity index (χ1n) is 11.9. The number of carbonyl (C=O) groups is 3. The molecular weight excluding hydrogens is 432 g/mol. The Bertz CT molecular complexity index is 1070. The third-order valence-electron chi connectivity index (χ3n) is 7.62. The lowest BCUT2D eigenvalue weighted by Gasteiger charge is -2.46. The van der Waals surface area contributed by atoms with Gasteiger partial charge in [-0.3, -0.25) is 9.59 Å². The predicted octanol–water partition coefficient (Wildman–Crippen LogP) is 3.87. The first-order chi connectivity index (χ1) is 16.3. The van der Waals surface area contributed by atoms with Crippen molar-refractivity contribution in [1.82, 2.24) is 10.2 Å². The number of fused-ring (bicyclic) bond motifs is 3. The first kappa shape index (κ1) is 22.4. The Labute approximate surface area is 199 Å². The first-order valence-corrected chi connectivity index (χ1v) is 11.9. The molecule has 178 valence electrons. The zero-order chi connectivity index (χ0) is 23.9. The number of carboxylic acid groups (broad SMARTS) is 1. The summed E-state index contributed by atoms with van der Waals surface area (Å²) in [6.45, 7) is 3.10. The second-order valence-electron chi connectivity index (χ2n) is 10.2. The molecule has 0 radical (unpaired) electrons. The van der Waals surface area contributed by atoms with Crippen molar-refractivity contribution in [3.05, 3.63) is 59.7 Å². The second kappa shape index (κ2) is 8.78. The number of aliphatic carboxylic acids is 1. The summed E-state index contributed by atoms with van der Waals surface area (Å²) in [5.41, 5.74) is 3.98. The van der Waals surface area contributed by atoms with Gasteiger partial charge < -0.3 is 20.1 Å². The van der Waals surface area contributed by atoms with E-state index in [0.717, 1.165) is 12.8 Å². The Kier molecular flexibility index (Phi) is 5.80. The number of alkyl carbamates (subject to hydrolysis) is 1. The van der Waals surface area contributed by atoms with Gasteiger partial charge in [0.15, 0.2) is 0 Å². The molecule has 2 aromatic rings. The van der Waals surface area contributed by atoms with Gasteiger partial charge in [-0.2, -0.15) is 0 Å². The van der Waals surface area contributed by atoms with Gasteiger partial charge in [-0.05, 0) is 53.9 Å². The van der Waals surface area contributed by atoms with Gasteiger partial charge in [0.1, 0.15) is 6.61 Å². The molecule has 34 heavy (non-hydrogen) atoms. The average Bonchev–Trinajstić information content (AvgIpc) is 3.10. The summed E-state index contributed by atoms with van der Waals surface area (Å²) < 4.78 is 5.58. The van der Waals surface area contributed by atoms with Crippen LogP contribution in [-0.4, -0.2) is 54.2 Å². The van der Waals surface area contributed by atoms with Gasteiger partial charge in [0.05, 0.1) is 5.41 Å². The Morgan fingerprint density at radius 1 is 1.00 bits per heavy atom. The molecule has 7 heteroatoms. The molecule has 2 amide bonds. The average molecular weight is 463 g/mol. The van der Waals surface area contributed by atoms with Crippen LogP contribution in [0.15, 0.2) is 48.5 Å². The van der Waals surface area contributed by atoms with E-state index >= 15 is 0 Å². The van der Waals surface area contributed by atoms with Crippen molar-refractivity contribution in [3.63, 3.8) is 0 Å². The van der Waals surface area contributed by atoms with Gasteiger partial charge in [-0.1, -0.05) is 48.5 Å². The number of amides is 2. The van der Waals surface area contributed by atoms with E-state index in [9.17, 15) is 19.5 Å². The highest BCUT2D eigenvalue weighted by atomic mass is 16.5. The Hall–Kier alpha value is -3.35. The molecule has 7 nitrogen and oxygen atoms in total. The quantitative estimate of drug-likeness (QED) is 0.651. The van der Waals surface area contributed by atoms with Crippen LogP contribution in [0.3, 0.4) is 0 Å². The lowest BCUT2D eigenvalue weighted by Crippen LogP contribution is -2.60. The fraction of sp³-hybridized carbons (Fsp3) is 0.444. The monoisotopic (exact) mass is 462 g/mol. The molecule has 1 saturated heterocycles. The lowest BCUT2D eigenvalue weighted by atomic mass is 9.72. The van der Waals surface area contributed by atoms with Crippen LogP contribution in [0, 0.1) is 17.3 Å². The van der Waals surface area contributed by atoms with Crippen LogP contribution in [0.25, 0.3) is 11.1 Å². The molecule has 2 fully saturated rings. The molecule has 0 unspecified atom stereocenters. The van der Waals surface area contributed by atoms with Crippen molar-refractivity contribution in [2.45, 2.75) is 32.1 Å². The zero-order valence-corrected chi connectivity index (χ0v) is 19.3. The molecule has 1 aliphatic heterocycles. The number of hydrogen-bond acceptors (Lipinski definition) is 4. The second-order valence-corrected chi connectivity index (χ2v) is 10.2. The standard InChI is InChI=1S/C27H30N2O5/c1-27(25(31)32)15-29(16-27)24(30)12-17-10-18(11-17)13-28-26(33)34-14-23-21-8-4-2-6-19(21)20-7-3-5-9-22(20)23/h2-9,17-18,23H,10-16H2,1H3,(H,28,33)(H,31,32). The van der Waals surface area contributed by atoms with Gasteiger partial charge in [-0.15, -0.1) is 0 Å². The van der Waals surface area contributed by atoms with Crippen molar-refractivity contribution in [2.24, 2.45) is 17.3 Å². The number of likely N-dealkylation sites (tertiary alicyclic amines) is 1. The van der Waals surface area contributed by atoms with E-state index in [4.69, 9.17) is 4.74 Å².